The first-order chi connectivity index (χ1) is 16.5. The Morgan fingerprint density at radius 2 is 1.62 bits per heavy atom. The lowest BCUT2D eigenvalue weighted by Crippen LogP contribution is -2.38. The van der Waals surface area contributed by atoms with Crippen molar-refractivity contribution in [2.75, 3.05) is 6.54 Å². The van der Waals surface area contributed by atoms with Gasteiger partial charge in [-0.1, -0.05) is 74.5 Å². The third-order valence-corrected chi connectivity index (χ3v) is 6.36. The summed E-state index contributed by atoms with van der Waals surface area (Å²) in [5.41, 5.74) is 3.59. The van der Waals surface area contributed by atoms with Crippen LogP contribution in [-0.4, -0.2) is 26.9 Å². The van der Waals surface area contributed by atoms with Crippen molar-refractivity contribution in [2.45, 2.75) is 46.1 Å². The molecule has 3 aromatic carbocycles. The number of hydrogen-bond acceptors (Lipinski definition) is 3. The van der Waals surface area contributed by atoms with Crippen molar-refractivity contribution in [3.63, 3.8) is 0 Å². The van der Waals surface area contributed by atoms with E-state index in [1.165, 1.54) is 5.56 Å². The molecule has 1 amide bonds. The largest absolute Gasteiger partial charge is 0.332 e. The van der Waals surface area contributed by atoms with Crippen LogP contribution in [0, 0.1) is 0 Å². The van der Waals surface area contributed by atoms with E-state index in [2.05, 4.69) is 19.1 Å². The molecule has 0 aliphatic carbocycles. The van der Waals surface area contributed by atoms with E-state index in [0.29, 0.717) is 29.7 Å². The van der Waals surface area contributed by atoms with Gasteiger partial charge in [0.05, 0.1) is 22.6 Å². The van der Waals surface area contributed by atoms with Crippen LogP contribution in [0.3, 0.4) is 0 Å². The van der Waals surface area contributed by atoms with Crippen LogP contribution in [-0.2, 0) is 17.6 Å². The predicted octanol–water partition coefficient (Wildman–Crippen LogP) is 5.49. The maximum Gasteiger partial charge on any atom is 0.266 e. The number of benzene rings is 3. The highest BCUT2D eigenvalue weighted by Gasteiger charge is 2.26. The standard InChI is InChI=1S/C29H31N3O2/c1-4-23-15-9-12-18-26(23)32-28(30-25-17-11-10-16-24(25)29(32)34)21(3)31(27(33)5-2)20-19-22-13-7-6-8-14-22/h6-18,21H,4-5,19-20H2,1-3H3. The summed E-state index contributed by atoms with van der Waals surface area (Å²) in [4.78, 5) is 33.7. The Balaban J connectivity index is 1.86. The van der Waals surface area contributed by atoms with Crippen molar-refractivity contribution in [1.82, 2.24) is 14.5 Å². The molecule has 0 bridgehead atoms. The molecule has 1 unspecified atom stereocenters. The summed E-state index contributed by atoms with van der Waals surface area (Å²) in [6.07, 6.45) is 1.91. The van der Waals surface area contributed by atoms with Crippen LogP contribution in [0.5, 0.6) is 0 Å². The molecule has 174 valence electrons. The quantitative estimate of drug-likeness (QED) is 0.354. The molecule has 34 heavy (non-hydrogen) atoms. The number of aromatic nitrogens is 2. The molecule has 1 heterocycles. The van der Waals surface area contributed by atoms with Crippen LogP contribution in [0.4, 0.5) is 0 Å². The number of para-hydroxylation sites is 2. The Hall–Kier alpha value is -3.73. The van der Waals surface area contributed by atoms with E-state index in [0.717, 1.165) is 24.1 Å². The summed E-state index contributed by atoms with van der Waals surface area (Å²) in [6, 6.07) is 25.1. The second-order valence-corrected chi connectivity index (χ2v) is 8.46. The highest BCUT2D eigenvalue weighted by molar-refractivity contribution is 5.79. The van der Waals surface area contributed by atoms with E-state index < -0.39 is 0 Å². The maximum atomic E-state index is 13.8. The fourth-order valence-corrected chi connectivity index (χ4v) is 4.46. The lowest BCUT2D eigenvalue weighted by Gasteiger charge is -2.31. The molecule has 0 spiro atoms. The number of fused-ring (bicyclic) bond motifs is 1. The monoisotopic (exact) mass is 453 g/mol. The fourth-order valence-electron chi connectivity index (χ4n) is 4.46. The van der Waals surface area contributed by atoms with Gasteiger partial charge in [-0.05, 0) is 49.1 Å². The number of aryl methyl sites for hydroxylation is 1. The van der Waals surface area contributed by atoms with Crippen molar-refractivity contribution in [3.05, 3.63) is 106 Å². The first kappa shape index (κ1) is 23.4. The van der Waals surface area contributed by atoms with Gasteiger partial charge in [0.2, 0.25) is 5.91 Å². The van der Waals surface area contributed by atoms with E-state index >= 15 is 0 Å². The Morgan fingerprint density at radius 1 is 0.941 bits per heavy atom. The van der Waals surface area contributed by atoms with E-state index in [1.807, 2.05) is 85.5 Å². The summed E-state index contributed by atoms with van der Waals surface area (Å²) >= 11 is 0. The first-order valence-corrected chi connectivity index (χ1v) is 12.0. The van der Waals surface area contributed by atoms with Crippen LogP contribution >= 0.6 is 0 Å². The van der Waals surface area contributed by atoms with E-state index in [9.17, 15) is 9.59 Å². The second kappa shape index (κ2) is 10.5. The van der Waals surface area contributed by atoms with Crippen molar-refractivity contribution in [1.29, 1.82) is 0 Å². The van der Waals surface area contributed by atoms with Crippen LogP contribution < -0.4 is 5.56 Å². The molecule has 0 aliphatic rings. The number of carbonyl (C=O) groups excluding carboxylic acids is 1. The van der Waals surface area contributed by atoms with Crippen LogP contribution in [0.1, 0.15) is 50.2 Å². The first-order valence-electron chi connectivity index (χ1n) is 12.0. The smallest absolute Gasteiger partial charge is 0.266 e. The van der Waals surface area contributed by atoms with Gasteiger partial charge in [-0.15, -0.1) is 0 Å². The van der Waals surface area contributed by atoms with Crippen molar-refractivity contribution in [2.24, 2.45) is 0 Å². The molecule has 1 aromatic heterocycles. The summed E-state index contributed by atoms with van der Waals surface area (Å²) in [7, 11) is 0. The van der Waals surface area contributed by atoms with Crippen molar-refractivity contribution < 1.29 is 4.79 Å². The number of rotatable bonds is 8. The highest BCUT2D eigenvalue weighted by Crippen LogP contribution is 2.25. The van der Waals surface area contributed by atoms with Crippen LogP contribution in [0.25, 0.3) is 16.6 Å². The predicted molar refractivity (Wildman–Crippen MR) is 137 cm³/mol. The average Bonchev–Trinajstić information content (AvgIpc) is 2.89. The molecule has 0 radical (unpaired) electrons. The maximum absolute atomic E-state index is 13.8. The molecule has 4 aromatic rings. The van der Waals surface area contributed by atoms with Gasteiger partial charge in [0.1, 0.15) is 5.82 Å². The van der Waals surface area contributed by atoms with Crippen LogP contribution in [0.2, 0.25) is 0 Å². The topological polar surface area (TPSA) is 55.2 Å². The second-order valence-electron chi connectivity index (χ2n) is 8.46. The Morgan fingerprint density at radius 3 is 2.35 bits per heavy atom. The molecular weight excluding hydrogens is 422 g/mol. The fraction of sp³-hybridized carbons (Fsp3) is 0.276. The molecule has 0 fully saturated rings. The summed E-state index contributed by atoms with van der Waals surface area (Å²) in [5.74, 6) is 0.626. The molecule has 4 rings (SSSR count). The van der Waals surface area contributed by atoms with Crippen molar-refractivity contribution >= 4 is 16.8 Å². The van der Waals surface area contributed by atoms with Gasteiger partial charge < -0.3 is 4.90 Å². The summed E-state index contributed by atoms with van der Waals surface area (Å²) < 4.78 is 1.71. The minimum absolute atomic E-state index is 0.0427. The molecule has 5 heteroatoms. The molecule has 0 saturated heterocycles. The molecule has 0 N–H and O–H groups in total. The molecule has 5 nitrogen and oxygen atoms in total. The van der Waals surface area contributed by atoms with Gasteiger partial charge in [-0.3, -0.25) is 14.2 Å². The third-order valence-electron chi connectivity index (χ3n) is 6.36. The summed E-state index contributed by atoms with van der Waals surface area (Å²) in [5, 5.41) is 0.571. The SMILES string of the molecule is CCC(=O)N(CCc1ccccc1)C(C)c1nc2ccccc2c(=O)n1-c1ccccc1CC. The molecule has 0 saturated carbocycles. The number of nitrogens with zero attached hydrogens (tertiary/aromatic N) is 3. The number of hydrogen-bond donors (Lipinski definition) is 0. The Bertz CT molecular complexity index is 1340. The minimum Gasteiger partial charge on any atom is -0.332 e. The zero-order valence-electron chi connectivity index (χ0n) is 20.1. The van der Waals surface area contributed by atoms with Gasteiger partial charge in [-0.2, -0.15) is 0 Å². The van der Waals surface area contributed by atoms with Gasteiger partial charge in [0.25, 0.3) is 5.56 Å². The van der Waals surface area contributed by atoms with Crippen LogP contribution in [0.15, 0.2) is 83.7 Å². The number of carbonyl (C=O) groups is 1. The normalized spacial score (nSPS) is 12.0. The van der Waals surface area contributed by atoms with Gasteiger partial charge in [0, 0.05) is 13.0 Å². The van der Waals surface area contributed by atoms with Crippen molar-refractivity contribution in [3.8, 4) is 5.69 Å². The average molecular weight is 454 g/mol. The van der Waals surface area contributed by atoms with E-state index in [4.69, 9.17) is 4.98 Å². The van der Waals surface area contributed by atoms with Gasteiger partial charge in [-0.25, -0.2) is 4.98 Å². The lowest BCUT2D eigenvalue weighted by molar-refractivity contribution is -0.133. The number of amides is 1. The highest BCUT2D eigenvalue weighted by atomic mass is 16.2. The Labute approximate surface area is 200 Å². The van der Waals surface area contributed by atoms with E-state index in [-0.39, 0.29) is 17.5 Å². The zero-order valence-corrected chi connectivity index (χ0v) is 20.1. The zero-order chi connectivity index (χ0) is 24.1. The van der Waals surface area contributed by atoms with Gasteiger partial charge >= 0.3 is 0 Å². The molecular formula is C29H31N3O2. The minimum atomic E-state index is -0.376. The lowest BCUT2D eigenvalue weighted by atomic mass is 10.1. The van der Waals surface area contributed by atoms with Gasteiger partial charge in [0.15, 0.2) is 0 Å². The summed E-state index contributed by atoms with van der Waals surface area (Å²) in [6.45, 7) is 6.47. The Kier molecular flexibility index (Phi) is 7.21. The molecule has 0 aliphatic heterocycles. The molecule has 1 atom stereocenters. The third kappa shape index (κ3) is 4.65. The van der Waals surface area contributed by atoms with E-state index in [1.54, 1.807) is 4.57 Å².